The zero-order valence-corrected chi connectivity index (χ0v) is 28.2. The van der Waals surface area contributed by atoms with Gasteiger partial charge in [-0.25, -0.2) is 4.79 Å². The van der Waals surface area contributed by atoms with Crippen LogP contribution in [0.5, 0.6) is 0 Å². The fraction of sp³-hybridized carbons (Fsp3) is 0.438. The van der Waals surface area contributed by atoms with E-state index in [4.69, 9.17) is 18.6 Å². The first-order valence-corrected chi connectivity index (χ1v) is 17.4. The molecular weight excluding hydrogens is 648 g/mol. The van der Waals surface area contributed by atoms with Crippen molar-refractivity contribution in [1.29, 1.82) is 0 Å². The lowest BCUT2D eigenvalue weighted by molar-refractivity contribution is -0.167. The molecule has 1 fully saturated rings. The first-order valence-electron chi connectivity index (χ1n) is 14.7. The number of nitrogens with one attached hydrogen (secondary N) is 1. The van der Waals surface area contributed by atoms with Crippen LogP contribution in [0.1, 0.15) is 47.3 Å². The molecule has 0 amide bonds. The molecule has 1 aliphatic rings. The first kappa shape index (κ1) is 33.6. The van der Waals surface area contributed by atoms with Crippen LogP contribution in [-0.4, -0.2) is 55.7 Å². The van der Waals surface area contributed by atoms with Crippen molar-refractivity contribution in [2.45, 2.75) is 58.4 Å². The Balaban J connectivity index is 1.78. The van der Waals surface area contributed by atoms with E-state index in [1.165, 1.54) is 10.8 Å². The number of nitrogens with zero attached hydrogens (tertiary/aromatic N) is 1. The summed E-state index contributed by atoms with van der Waals surface area (Å²) in [4.78, 5) is 53.8. The summed E-state index contributed by atoms with van der Waals surface area (Å²) in [6.07, 6.45) is -0.218. The lowest BCUT2D eigenvalue weighted by Crippen LogP contribution is -2.67. The highest BCUT2D eigenvalue weighted by Gasteiger charge is 2.53. The van der Waals surface area contributed by atoms with Gasteiger partial charge in [-0.2, -0.15) is 0 Å². The molecule has 1 aliphatic heterocycles. The normalized spacial score (nSPS) is 18.8. The number of hydrogen-bond donors (Lipinski definition) is 1. The largest absolute Gasteiger partial charge is 0.465 e. The predicted molar refractivity (Wildman–Crippen MR) is 171 cm³/mol. The Hall–Kier alpha value is -3.32. The Bertz CT molecular complexity index is 1500. The Labute approximate surface area is 266 Å². The van der Waals surface area contributed by atoms with Crippen LogP contribution in [0.3, 0.4) is 0 Å². The molecular formula is C32H39BrN2O8Si. The van der Waals surface area contributed by atoms with E-state index in [1.54, 1.807) is 13.8 Å². The van der Waals surface area contributed by atoms with E-state index in [1.807, 2.05) is 36.4 Å². The zero-order chi connectivity index (χ0) is 32.1. The SMILES string of the molecule is CCOC(=O)C(C(=O)OCC)[C@H]1C[C@@H](CO[Si](c2ccccc2)(c2ccccc2)C(C)(C)C)O[C@H]1n1cc(Br)c(=O)[nH]c1=O. The second-order valence-corrected chi connectivity index (χ2v) is 16.8. The minimum Gasteiger partial charge on any atom is -0.465 e. The molecule has 0 aliphatic carbocycles. The van der Waals surface area contributed by atoms with Gasteiger partial charge in [0.25, 0.3) is 13.9 Å². The number of H-pyrrole nitrogens is 1. The lowest BCUT2D eigenvalue weighted by Gasteiger charge is -2.43. The molecule has 3 aromatic rings. The van der Waals surface area contributed by atoms with Crippen molar-refractivity contribution in [1.82, 2.24) is 9.55 Å². The molecule has 0 saturated carbocycles. The number of carbonyl (C=O) groups is 2. The highest BCUT2D eigenvalue weighted by atomic mass is 79.9. The molecule has 44 heavy (non-hydrogen) atoms. The van der Waals surface area contributed by atoms with Crippen LogP contribution in [0.25, 0.3) is 0 Å². The predicted octanol–water partition coefficient (Wildman–Crippen LogP) is 3.52. The maximum Gasteiger partial charge on any atom is 0.330 e. The smallest absolute Gasteiger partial charge is 0.330 e. The van der Waals surface area contributed by atoms with Crippen LogP contribution < -0.4 is 21.6 Å². The molecule has 10 nitrogen and oxygen atoms in total. The summed E-state index contributed by atoms with van der Waals surface area (Å²) in [5.74, 6) is -3.75. The summed E-state index contributed by atoms with van der Waals surface area (Å²) < 4.78 is 25.4. The highest BCUT2D eigenvalue weighted by molar-refractivity contribution is 9.10. The van der Waals surface area contributed by atoms with Gasteiger partial charge in [-0.15, -0.1) is 0 Å². The van der Waals surface area contributed by atoms with Crippen molar-refractivity contribution < 1.29 is 28.2 Å². The van der Waals surface area contributed by atoms with E-state index >= 15 is 0 Å². The Morgan fingerprint density at radius 2 is 1.50 bits per heavy atom. The van der Waals surface area contributed by atoms with Gasteiger partial charge >= 0.3 is 17.6 Å². The van der Waals surface area contributed by atoms with Gasteiger partial charge in [-0.1, -0.05) is 81.4 Å². The Morgan fingerprint density at radius 3 is 1.98 bits per heavy atom. The van der Waals surface area contributed by atoms with Crippen LogP contribution in [0.2, 0.25) is 5.04 Å². The molecule has 1 saturated heterocycles. The molecule has 0 unspecified atom stereocenters. The van der Waals surface area contributed by atoms with E-state index in [0.29, 0.717) is 0 Å². The van der Waals surface area contributed by atoms with Gasteiger partial charge in [-0.05, 0) is 51.6 Å². The van der Waals surface area contributed by atoms with E-state index in [2.05, 4.69) is 66.0 Å². The van der Waals surface area contributed by atoms with Crippen molar-refractivity contribution >= 4 is 46.6 Å². The lowest BCUT2D eigenvalue weighted by atomic mass is 9.87. The average molecular weight is 688 g/mol. The van der Waals surface area contributed by atoms with E-state index in [9.17, 15) is 19.2 Å². The number of hydrogen-bond acceptors (Lipinski definition) is 8. The van der Waals surface area contributed by atoms with Crippen molar-refractivity contribution in [2.75, 3.05) is 19.8 Å². The van der Waals surface area contributed by atoms with Crippen LogP contribution in [0, 0.1) is 11.8 Å². The Kier molecular flexibility index (Phi) is 10.8. The third-order valence-corrected chi connectivity index (χ3v) is 13.4. The van der Waals surface area contributed by atoms with Crippen molar-refractivity contribution in [2.24, 2.45) is 11.8 Å². The van der Waals surface area contributed by atoms with Gasteiger partial charge in [0.05, 0.1) is 30.4 Å². The average Bonchev–Trinajstić information content (AvgIpc) is 3.39. The third kappa shape index (κ3) is 6.83. The van der Waals surface area contributed by atoms with Gasteiger partial charge in [0.15, 0.2) is 5.92 Å². The van der Waals surface area contributed by atoms with E-state index in [-0.39, 0.29) is 35.8 Å². The number of benzene rings is 2. The molecule has 12 heteroatoms. The number of carbonyl (C=O) groups excluding carboxylic acids is 2. The number of esters is 2. The molecule has 1 aromatic heterocycles. The molecule has 0 radical (unpaired) electrons. The van der Waals surface area contributed by atoms with Gasteiger partial charge in [0.2, 0.25) is 0 Å². The second-order valence-electron chi connectivity index (χ2n) is 11.6. The van der Waals surface area contributed by atoms with Gasteiger partial charge < -0.3 is 18.6 Å². The quantitative estimate of drug-likeness (QED) is 0.185. The first-order chi connectivity index (χ1) is 20.9. The van der Waals surface area contributed by atoms with E-state index < -0.39 is 55.7 Å². The molecule has 1 N–H and O–H groups in total. The molecule has 0 bridgehead atoms. The van der Waals surface area contributed by atoms with Crippen molar-refractivity contribution in [3.63, 3.8) is 0 Å². The molecule has 3 atom stereocenters. The zero-order valence-electron chi connectivity index (χ0n) is 25.6. The summed E-state index contributed by atoms with van der Waals surface area (Å²) >= 11 is 3.18. The van der Waals surface area contributed by atoms with Crippen LogP contribution in [-0.2, 0) is 28.2 Å². The summed E-state index contributed by atoms with van der Waals surface area (Å²) in [6, 6.07) is 20.3. The monoisotopic (exact) mass is 686 g/mol. The van der Waals surface area contributed by atoms with Gasteiger partial charge in [0.1, 0.15) is 6.23 Å². The highest BCUT2D eigenvalue weighted by Crippen LogP contribution is 2.42. The Morgan fingerprint density at radius 1 is 0.977 bits per heavy atom. The minimum absolute atomic E-state index is 0.0531. The number of ether oxygens (including phenoxy) is 3. The fourth-order valence-corrected chi connectivity index (χ4v) is 10.9. The number of halogens is 1. The van der Waals surface area contributed by atoms with Crippen molar-refractivity contribution in [3.8, 4) is 0 Å². The van der Waals surface area contributed by atoms with Crippen LogP contribution in [0.15, 0.2) is 80.9 Å². The standard InChI is InChI=1S/C32H39BrN2O8Si/c1-6-40-29(37)26(30(38)41-7-2)24-18-21(43-28(24)35-19-25(33)27(36)34-31(35)39)20-42-44(32(3,4)5,22-14-10-8-11-15-22)23-16-12-9-13-17-23/h8-17,19,21,24,26,28H,6-7,18,20H2,1-5H3,(H,34,36,39)/t21-,24+,28+/m0/s1. The van der Waals surface area contributed by atoms with Crippen LogP contribution in [0.4, 0.5) is 0 Å². The molecule has 2 aromatic carbocycles. The number of rotatable bonds is 11. The maximum absolute atomic E-state index is 13.2. The fourth-order valence-electron chi connectivity index (χ4n) is 5.99. The third-order valence-electron chi connectivity index (χ3n) is 7.84. The van der Waals surface area contributed by atoms with Gasteiger partial charge in [0, 0.05) is 12.1 Å². The second kappa shape index (κ2) is 14.2. The summed E-state index contributed by atoms with van der Waals surface area (Å²) in [5.41, 5.74) is -1.35. The minimum atomic E-state index is -2.95. The van der Waals surface area contributed by atoms with Crippen LogP contribution >= 0.6 is 15.9 Å². The summed E-state index contributed by atoms with van der Waals surface area (Å²) in [6.45, 7) is 10.0. The van der Waals surface area contributed by atoms with Gasteiger partial charge in [-0.3, -0.25) is 23.9 Å². The topological polar surface area (TPSA) is 126 Å². The number of aromatic nitrogens is 2. The van der Waals surface area contributed by atoms with Crippen molar-refractivity contribution in [3.05, 3.63) is 92.2 Å². The molecule has 0 spiro atoms. The summed E-state index contributed by atoms with van der Waals surface area (Å²) in [5, 5.41) is 1.87. The van der Waals surface area contributed by atoms with E-state index in [0.717, 1.165) is 10.4 Å². The number of aromatic amines is 1. The molecule has 4 rings (SSSR count). The molecule has 236 valence electrons. The maximum atomic E-state index is 13.2. The molecule has 2 heterocycles. The summed E-state index contributed by atoms with van der Waals surface area (Å²) in [7, 11) is -2.95.